The normalized spacial score (nSPS) is 10.8. The van der Waals surface area contributed by atoms with E-state index in [9.17, 15) is 4.79 Å². The van der Waals surface area contributed by atoms with Gasteiger partial charge in [-0.2, -0.15) is 5.10 Å². The number of ether oxygens (including phenoxy) is 1. The maximum atomic E-state index is 12.3. The van der Waals surface area contributed by atoms with E-state index >= 15 is 0 Å². The average molecular weight is 425 g/mol. The molecule has 0 saturated carbocycles. The average Bonchev–Trinajstić information content (AvgIpc) is 3.17. The molecule has 0 aliphatic carbocycles. The third-order valence-electron chi connectivity index (χ3n) is 4.19. The fourth-order valence-electron chi connectivity index (χ4n) is 2.81. The molecule has 6 nitrogen and oxygen atoms in total. The number of hydrogen-bond donors (Lipinski definition) is 1. The van der Waals surface area contributed by atoms with E-state index in [1.54, 1.807) is 48.3 Å². The second-order valence-corrected chi connectivity index (χ2v) is 7.57. The highest BCUT2D eigenvalue weighted by atomic mass is 35.5. The fraction of sp³-hybridized carbons (Fsp3) is 0.0952. The summed E-state index contributed by atoms with van der Waals surface area (Å²) in [4.78, 5) is 16.7. The van der Waals surface area contributed by atoms with Crippen molar-refractivity contribution in [1.29, 1.82) is 0 Å². The molecule has 1 amide bonds. The van der Waals surface area contributed by atoms with Gasteiger partial charge in [0.15, 0.2) is 0 Å². The molecule has 0 unspecified atom stereocenters. The van der Waals surface area contributed by atoms with Gasteiger partial charge in [-0.1, -0.05) is 29.4 Å². The molecule has 4 rings (SSSR count). The molecular formula is C21H17ClN4O2S. The summed E-state index contributed by atoms with van der Waals surface area (Å²) in [5.74, 6) is 0.888. The van der Waals surface area contributed by atoms with Gasteiger partial charge in [0.05, 0.1) is 24.1 Å². The van der Waals surface area contributed by atoms with Gasteiger partial charge in [-0.05, 0) is 48.5 Å². The summed E-state index contributed by atoms with van der Waals surface area (Å²) in [5.41, 5.74) is 3.31. The number of nitrogens with zero attached hydrogens (tertiary/aromatic N) is 3. The minimum atomic E-state index is -0.129. The number of amides is 1. The monoisotopic (exact) mass is 424 g/mol. The summed E-state index contributed by atoms with van der Waals surface area (Å²) in [6.45, 7) is 0. The van der Waals surface area contributed by atoms with Crippen molar-refractivity contribution in [2.45, 2.75) is 5.03 Å². The van der Waals surface area contributed by atoms with Crippen molar-refractivity contribution in [3.63, 3.8) is 0 Å². The van der Waals surface area contributed by atoms with Crippen LogP contribution in [0.25, 0.3) is 16.8 Å². The predicted molar refractivity (Wildman–Crippen MR) is 116 cm³/mol. The van der Waals surface area contributed by atoms with Crippen molar-refractivity contribution >= 4 is 40.5 Å². The number of halogens is 1. The van der Waals surface area contributed by atoms with Crippen molar-refractivity contribution in [2.24, 2.45) is 0 Å². The Bertz CT molecular complexity index is 1160. The van der Waals surface area contributed by atoms with Gasteiger partial charge < -0.3 is 10.1 Å². The number of carbonyl (C=O) groups is 1. The van der Waals surface area contributed by atoms with Crippen LogP contribution in [0.3, 0.4) is 0 Å². The van der Waals surface area contributed by atoms with Gasteiger partial charge >= 0.3 is 0 Å². The van der Waals surface area contributed by atoms with Gasteiger partial charge in [-0.3, -0.25) is 4.79 Å². The molecule has 1 N–H and O–H groups in total. The summed E-state index contributed by atoms with van der Waals surface area (Å²) < 4.78 is 6.97. The molecule has 2 heterocycles. The lowest BCUT2D eigenvalue weighted by Crippen LogP contribution is -2.14. The summed E-state index contributed by atoms with van der Waals surface area (Å²) in [5, 5.41) is 8.76. The molecule has 8 heteroatoms. The molecule has 0 radical (unpaired) electrons. The summed E-state index contributed by atoms with van der Waals surface area (Å²) in [6.07, 6.45) is 3.47. The van der Waals surface area contributed by atoms with Gasteiger partial charge in [0.2, 0.25) is 5.91 Å². The smallest absolute Gasteiger partial charge is 0.234 e. The van der Waals surface area contributed by atoms with Crippen LogP contribution in [0.1, 0.15) is 0 Å². The number of carbonyl (C=O) groups excluding carboxylic acids is 1. The van der Waals surface area contributed by atoms with Gasteiger partial charge in [0.25, 0.3) is 0 Å². The van der Waals surface area contributed by atoms with Crippen molar-refractivity contribution in [1.82, 2.24) is 14.6 Å². The minimum Gasteiger partial charge on any atom is -0.497 e. The van der Waals surface area contributed by atoms with Crippen LogP contribution < -0.4 is 10.1 Å². The Labute approximate surface area is 176 Å². The Hall–Kier alpha value is -3.03. The van der Waals surface area contributed by atoms with Gasteiger partial charge in [-0.15, -0.1) is 0 Å². The van der Waals surface area contributed by atoms with E-state index in [1.165, 1.54) is 11.8 Å². The van der Waals surface area contributed by atoms with Gasteiger partial charge in [-0.25, -0.2) is 9.50 Å². The molecule has 0 spiro atoms. The van der Waals surface area contributed by atoms with E-state index in [1.807, 2.05) is 30.3 Å². The van der Waals surface area contributed by atoms with E-state index in [-0.39, 0.29) is 11.7 Å². The van der Waals surface area contributed by atoms with E-state index in [2.05, 4.69) is 15.4 Å². The van der Waals surface area contributed by atoms with E-state index in [0.717, 1.165) is 27.5 Å². The highest BCUT2D eigenvalue weighted by Gasteiger charge is 2.12. The first-order valence-electron chi connectivity index (χ1n) is 8.79. The molecule has 0 bridgehead atoms. The van der Waals surface area contributed by atoms with Crippen LogP contribution in [0.2, 0.25) is 5.02 Å². The topological polar surface area (TPSA) is 68.5 Å². The number of nitrogens with one attached hydrogen (secondary N) is 1. The SMILES string of the molecule is COc1ccc(-c2cc3c(SCC(=O)Nc4cccc(Cl)c4)nccn3n2)cc1. The van der Waals surface area contributed by atoms with Crippen molar-refractivity contribution in [3.8, 4) is 17.0 Å². The van der Waals surface area contributed by atoms with Crippen LogP contribution in [0.15, 0.2) is 72.0 Å². The second kappa shape index (κ2) is 8.55. The number of fused-ring (bicyclic) bond motifs is 1. The maximum absolute atomic E-state index is 12.3. The number of anilines is 1. The zero-order chi connectivity index (χ0) is 20.2. The highest BCUT2D eigenvalue weighted by Crippen LogP contribution is 2.27. The molecule has 2 aromatic carbocycles. The number of thioether (sulfide) groups is 1. The molecule has 29 heavy (non-hydrogen) atoms. The summed E-state index contributed by atoms with van der Waals surface area (Å²) in [7, 11) is 1.64. The largest absolute Gasteiger partial charge is 0.497 e. The zero-order valence-electron chi connectivity index (χ0n) is 15.5. The first-order valence-corrected chi connectivity index (χ1v) is 10.2. The van der Waals surface area contributed by atoms with Crippen LogP contribution in [0, 0.1) is 0 Å². The number of benzene rings is 2. The Morgan fingerprint density at radius 2 is 2.03 bits per heavy atom. The Morgan fingerprint density at radius 3 is 2.79 bits per heavy atom. The first-order chi connectivity index (χ1) is 14.1. The lowest BCUT2D eigenvalue weighted by molar-refractivity contribution is -0.113. The van der Waals surface area contributed by atoms with Gasteiger partial charge in [0, 0.05) is 28.7 Å². The van der Waals surface area contributed by atoms with E-state index < -0.39 is 0 Å². The second-order valence-electron chi connectivity index (χ2n) is 6.17. The van der Waals surface area contributed by atoms with Gasteiger partial charge in [0.1, 0.15) is 10.8 Å². The van der Waals surface area contributed by atoms with Crippen LogP contribution in [0.4, 0.5) is 5.69 Å². The molecule has 0 aliphatic heterocycles. The van der Waals surface area contributed by atoms with Crippen molar-refractivity contribution in [2.75, 3.05) is 18.2 Å². The third-order valence-corrected chi connectivity index (χ3v) is 5.42. The number of rotatable bonds is 6. The standard InChI is InChI=1S/C21H17ClN4O2S/c1-28-17-7-5-14(6-8-17)18-12-19-21(23-9-10-26(19)25-18)29-13-20(27)24-16-4-2-3-15(22)11-16/h2-12H,13H2,1H3,(H,24,27). The predicted octanol–water partition coefficient (Wildman–Crippen LogP) is 4.79. The molecule has 4 aromatic rings. The molecule has 2 aromatic heterocycles. The lowest BCUT2D eigenvalue weighted by Gasteiger charge is -2.05. The van der Waals surface area contributed by atoms with Crippen LogP contribution in [-0.2, 0) is 4.79 Å². The first kappa shape index (κ1) is 19.3. The number of aromatic nitrogens is 3. The number of hydrogen-bond acceptors (Lipinski definition) is 5. The zero-order valence-corrected chi connectivity index (χ0v) is 17.1. The van der Waals surface area contributed by atoms with Crippen LogP contribution >= 0.6 is 23.4 Å². The molecular weight excluding hydrogens is 408 g/mol. The van der Waals surface area contributed by atoms with Crippen molar-refractivity contribution in [3.05, 3.63) is 72.0 Å². The van der Waals surface area contributed by atoms with E-state index in [4.69, 9.17) is 16.3 Å². The lowest BCUT2D eigenvalue weighted by atomic mass is 10.1. The van der Waals surface area contributed by atoms with Crippen molar-refractivity contribution < 1.29 is 9.53 Å². The number of methoxy groups -OCH3 is 1. The minimum absolute atomic E-state index is 0.129. The Kier molecular flexibility index (Phi) is 5.69. The molecule has 0 saturated heterocycles. The summed E-state index contributed by atoms with van der Waals surface area (Å²) >= 11 is 7.31. The molecule has 0 fully saturated rings. The van der Waals surface area contributed by atoms with E-state index in [0.29, 0.717) is 10.7 Å². The third kappa shape index (κ3) is 4.52. The quantitative estimate of drug-likeness (QED) is 0.451. The Balaban J connectivity index is 1.50. The molecule has 146 valence electrons. The van der Waals surface area contributed by atoms with Crippen LogP contribution in [0.5, 0.6) is 5.75 Å². The fourth-order valence-corrected chi connectivity index (χ4v) is 3.78. The summed E-state index contributed by atoms with van der Waals surface area (Å²) in [6, 6.07) is 16.7. The highest BCUT2D eigenvalue weighted by molar-refractivity contribution is 8.00. The molecule has 0 atom stereocenters. The Morgan fingerprint density at radius 1 is 1.21 bits per heavy atom. The molecule has 0 aliphatic rings. The van der Waals surface area contributed by atoms with Crippen LogP contribution in [-0.4, -0.2) is 33.4 Å². The maximum Gasteiger partial charge on any atom is 0.234 e.